The summed E-state index contributed by atoms with van der Waals surface area (Å²) in [5.74, 6) is -3.53. The third-order valence-electron chi connectivity index (χ3n) is 2.31. The second kappa shape index (κ2) is 4.49. The quantitative estimate of drug-likeness (QED) is 0.655. The van der Waals surface area contributed by atoms with Gasteiger partial charge in [-0.25, -0.2) is 13.2 Å². The molecule has 0 aromatic heterocycles. The molecule has 0 N–H and O–H groups in total. The van der Waals surface area contributed by atoms with Gasteiger partial charge in [0.25, 0.3) is 0 Å². The van der Waals surface area contributed by atoms with E-state index in [1.807, 2.05) is 6.92 Å². The molecule has 0 unspecified atom stereocenters. The molecular formula is C11H13F3. The fourth-order valence-electron chi connectivity index (χ4n) is 1.36. The van der Waals surface area contributed by atoms with Gasteiger partial charge in [-0.1, -0.05) is 13.3 Å². The van der Waals surface area contributed by atoms with Crippen LogP contribution >= 0.6 is 0 Å². The van der Waals surface area contributed by atoms with Crippen LogP contribution in [-0.4, -0.2) is 0 Å². The van der Waals surface area contributed by atoms with E-state index in [-0.39, 0.29) is 5.56 Å². The SMILES string of the molecule is CCCCc1cc(F)c(F)c(F)c1C. The van der Waals surface area contributed by atoms with Crippen molar-refractivity contribution in [2.45, 2.75) is 33.1 Å². The van der Waals surface area contributed by atoms with E-state index in [0.717, 1.165) is 18.9 Å². The minimum absolute atomic E-state index is 0.220. The molecule has 0 fully saturated rings. The van der Waals surface area contributed by atoms with E-state index < -0.39 is 17.5 Å². The van der Waals surface area contributed by atoms with Gasteiger partial charge in [0.2, 0.25) is 0 Å². The molecule has 0 bridgehead atoms. The highest BCUT2D eigenvalue weighted by molar-refractivity contribution is 5.29. The highest BCUT2D eigenvalue weighted by Crippen LogP contribution is 2.20. The molecule has 14 heavy (non-hydrogen) atoms. The zero-order valence-corrected chi connectivity index (χ0v) is 8.33. The van der Waals surface area contributed by atoms with Crippen LogP contribution in [-0.2, 0) is 6.42 Å². The first-order valence-electron chi connectivity index (χ1n) is 4.70. The Hall–Kier alpha value is -0.990. The Labute approximate surface area is 81.8 Å². The Bertz CT molecular complexity index is 332. The van der Waals surface area contributed by atoms with E-state index in [9.17, 15) is 13.2 Å². The molecular weight excluding hydrogens is 189 g/mol. The second-order valence-corrected chi connectivity index (χ2v) is 3.37. The van der Waals surface area contributed by atoms with Crippen LogP contribution in [0.25, 0.3) is 0 Å². The van der Waals surface area contributed by atoms with Crippen molar-refractivity contribution in [1.29, 1.82) is 0 Å². The van der Waals surface area contributed by atoms with Gasteiger partial charge < -0.3 is 0 Å². The summed E-state index contributed by atoms with van der Waals surface area (Å²) in [6.07, 6.45) is 2.39. The van der Waals surface area contributed by atoms with Crippen molar-refractivity contribution in [3.8, 4) is 0 Å². The molecule has 1 rings (SSSR count). The molecule has 1 aromatic rings. The molecule has 0 saturated carbocycles. The van der Waals surface area contributed by atoms with E-state index in [1.54, 1.807) is 0 Å². The summed E-state index contributed by atoms with van der Waals surface area (Å²) in [5, 5.41) is 0. The standard InChI is InChI=1S/C11H13F3/c1-3-4-5-8-6-9(12)11(14)10(13)7(8)2/h6H,3-5H2,1-2H3. The van der Waals surface area contributed by atoms with Gasteiger partial charge in [-0.05, 0) is 37.0 Å². The monoisotopic (exact) mass is 202 g/mol. The number of unbranched alkanes of at least 4 members (excludes halogenated alkanes) is 1. The lowest BCUT2D eigenvalue weighted by Gasteiger charge is -2.07. The van der Waals surface area contributed by atoms with Crippen molar-refractivity contribution in [3.05, 3.63) is 34.6 Å². The van der Waals surface area contributed by atoms with Crippen LogP contribution in [0, 0.1) is 24.4 Å². The molecule has 0 aliphatic carbocycles. The largest absolute Gasteiger partial charge is 0.204 e. The molecule has 0 aliphatic heterocycles. The topological polar surface area (TPSA) is 0 Å². The summed E-state index contributed by atoms with van der Waals surface area (Å²) < 4.78 is 38.6. The highest BCUT2D eigenvalue weighted by atomic mass is 19.2. The van der Waals surface area contributed by atoms with Gasteiger partial charge in [-0.15, -0.1) is 0 Å². The van der Waals surface area contributed by atoms with Crippen molar-refractivity contribution < 1.29 is 13.2 Å². The average Bonchev–Trinajstić information content (AvgIpc) is 2.18. The van der Waals surface area contributed by atoms with Gasteiger partial charge in [0.1, 0.15) is 0 Å². The van der Waals surface area contributed by atoms with Crippen LogP contribution in [0.1, 0.15) is 30.9 Å². The summed E-state index contributed by atoms with van der Waals surface area (Å²) in [6.45, 7) is 3.47. The molecule has 0 radical (unpaired) electrons. The fraction of sp³-hybridized carbons (Fsp3) is 0.455. The first kappa shape index (κ1) is 11.1. The van der Waals surface area contributed by atoms with Crippen molar-refractivity contribution in [2.24, 2.45) is 0 Å². The van der Waals surface area contributed by atoms with Crippen LogP contribution in [0.4, 0.5) is 13.2 Å². The average molecular weight is 202 g/mol. The van der Waals surface area contributed by atoms with E-state index in [1.165, 1.54) is 6.92 Å². The highest BCUT2D eigenvalue weighted by Gasteiger charge is 2.14. The molecule has 0 atom stereocenters. The van der Waals surface area contributed by atoms with Crippen molar-refractivity contribution in [1.82, 2.24) is 0 Å². The number of rotatable bonds is 3. The van der Waals surface area contributed by atoms with Crippen LogP contribution in [0.15, 0.2) is 6.07 Å². The lowest BCUT2D eigenvalue weighted by molar-refractivity contribution is 0.441. The minimum Gasteiger partial charge on any atom is -0.204 e. The Morgan fingerprint density at radius 1 is 1.14 bits per heavy atom. The zero-order valence-electron chi connectivity index (χ0n) is 8.33. The molecule has 0 heterocycles. The Morgan fingerprint density at radius 3 is 2.36 bits per heavy atom. The molecule has 0 saturated heterocycles. The maximum absolute atomic E-state index is 13.1. The Balaban J connectivity index is 3.06. The van der Waals surface area contributed by atoms with E-state index in [0.29, 0.717) is 12.0 Å². The number of benzene rings is 1. The van der Waals surface area contributed by atoms with Crippen LogP contribution in [0.3, 0.4) is 0 Å². The number of halogens is 3. The predicted octanol–water partition coefficient (Wildman–Crippen LogP) is 3.75. The zero-order chi connectivity index (χ0) is 10.7. The van der Waals surface area contributed by atoms with Gasteiger partial charge in [-0.2, -0.15) is 0 Å². The van der Waals surface area contributed by atoms with Crippen LogP contribution in [0.5, 0.6) is 0 Å². The van der Waals surface area contributed by atoms with Crippen LogP contribution < -0.4 is 0 Å². The molecule has 1 aromatic carbocycles. The van der Waals surface area contributed by atoms with Crippen molar-refractivity contribution in [3.63, 3.8) is 0 Å². The number of hydrogen-bond acceptors (Lipinski definition) is 0. The smallest absolute Gasteiger partial charge is 0.194 e. The maximum atomic E-state index is 13.1. The maximum Gasteiger partial charge on any atom is 0.194 e. The molecule has 0 aliphatic rings. The molecule has 78 valence electrons. The summed E-state index contributed by atoms with van der Waals surface area (Å²) >= 11 is 0. The normalized spacial score (nSPS) is 10.6. The summed E-state index contributed by atoms with van der Waals surface area (Å²) in [4.78, 5) is 0. The summed E-state index contributed by atoms with van der Waals surface area (Å²) in [6, 6.07) is 1.09. The van der Waals surface area contributed by atoms with Crippen molar-refractivity contribution >= 4 is 0 Å². The van der Waals surface area contributed by atoms with Gasteiger partial charge in [0.05, 0.1) is 0 Å². The number of aryl methyl sites for hydroxylation is 1. The number of hydrogen-bond donors (Lipinski definition) is 0. The summed E-state index contributed by atoms with van der Waals surface area (Å²) in [5.41, 5.74) is 0.778. The summed E-state index contributed by atoms with van der Waals surface area (Å²) in [7, 11) is 0. The Morgan fingerprint density at radius 2 is 1.79 bits per heavy atom. The fourth-order valence-corrected chi connectivity index (χ4v) is 1.36. The third-order valence-corrected chi connectivity index (χ3v) is 2.31. The van der Waals surface area contributed by atoms with Gasteiger partial charge in [0, 0.05) is 0 Å². The lowest BCUT2D eigenvalue weighted by Crippen LogP contribution is -2.00. The Kier molecular flexibility index (Phi) is 3.55. The first-order valence-corrected chi connectivity index (χ1v) is 4.70. The van der Waals surface area contributed by atoms with Gasteiger partial charge >= 0.3 is 0 Å². The van der Waals surface area contributed by atoms with Gasteiger partial charge in [0.15, 0.2) is 17.5 Å². The van der Waals surface area contributed by atoms with Crippen molar-refractivity contribution in [2.75, 3.05) is 0 Å². The second-order valence-electron chi connectivity index (χ2n) is 3.37. The molecule has 0 amide bonds. The predicted molar refractivity (Wildman–Crippen MR) is 49.7 cm³/mol. The lowest BCUT2D eigenvalue weighted by atomic mass is 10.0. The third kappa shape index (κ3) is 2.08. The van der Waals surface area contributed by atoms with Gasteiger partial charge in [-0.3, -0.25) is 0 Å². The first-order chi connectivity index (χ1) is 6.57. The van der Waals surface area contributed by atoms with Crippen LogP contribution in [0.2, 0.25) is 0 Å². The molecule has 3 heteroatoms. The van der Waals surface area contributed by atoms with E-state index in [4.69, 9.17) is 0 Å². The van der Waals surface area contributed by atoms with E-state index in [2.05, 4.69) is 0 Å². The molecule has 0 nitrogen and oxygen atoms in total. The van der Waals surface area contributed by atoms with E-state index >= 15 is 0 Å². The minimum atomic E-state index is -1.37. The molecule has 0 spiro atoms.